The second-order valence-corrected chi connectivity index (χ2v) is 27.2. The van der Waals surface area contributed by atoms with Crippen LogP contribution in [0.25, 0.3) is 0 Å². The summed E-state index contributed by atoms with van der Waals surface area (Å²) >= 11 is 7.06. The van der Waals surface area contributed by atoms with E-state index in [2.05, 4.69) is 111 Å². The molecular weight excluding hydrogens is 1380 g/mol. The Balaban J connectivity index is 0.000000153. The minimum Gasteiger partial charge on any atom is -0.465 e. The quantitative estimate of drug-likeness (QED) is 0.0724. The van der Waals surface area contributed by atoms with Crippen molar-refractivity contribution in [1.82, 2.24) is 39.1 Å². The highest BCUT2D eigenvalue weighted by atomic mass is 79.9. The molecular formula is C72H86Br2N12O12. The SMILES string of the molecule is COCn1nc(C)cc1C1(C)CC(c2ccc(Br)c(C)c2)=NO1.COCn1nc(C)cc1C1(C)CC(c2ccc(C(=O)OC)c(C)c2)=NO1.COCn1nc(C2(C)CC(c3ccc(Br)c(C)c3)=NO2)cc1C.COCn1nc(C2(C)CC(c3ccc(C(=O)OC)c(C)c3)=NO2)cc1C. The molecule has 0 amide bonds. The van der Waals surface area contributed by atoms with Gasteiger partial charge < -0.3 is 47.8 Å². The van der Waals surface area contributed by atoms with Crippen molar-refractivity contribution in [3.05, 3.63) is 207 Å². The molecule has 12 rings (SSSR count). The number of oxime groups is 4. The summed E-state index contributed by atoms with van der Waals surface area (Å²) in [7, 11) is 9.33. The maximum atomic E-state index is 11.8. The average Bonchev–Trinajstić information content (AvgIpc) is 1.64. The number of carbonyl (C=O) groups is 2. The number of hydrogen-bond acceptors (Lipinski definition) is 20. The average molecular weight is 1470 g/mol. The molecule has 8 aromatic rings. The van der Waals surface area contributed by atoms with Gasteiger partial charge in [-0.05, 0) is 200 Å². The first-order chi connectivity index (χ1) is 46.6. The standard InChI is InChI=1S/2C19H23N3O4.2C17H20BrN3O2/c1-12-8-14(6-7-15(12)18(23)25-5)16-10-19(3,26-21-16)17-9-13(2)22(20-17)11-24-4;1-12-8-14(6-7-15(12)18(23)25-5)16-10-19(3,26-21-16)17-9-13(2)20-22(17)11-24-4;1-11-7-13(5-6-14(11)18)15-9-17(3,23-20-15)16-8-12(2)21(19-16)10-22-4;1-11-7-13(5-6-14(11)18)15-9-17(3,23-20-15)16-8-12(2)19-21(16)10-22-4/h2*6-9H,10-11H2,1-5H3;2*5-8H,9-10H2,1-4H3. The molecule has 0 spiro atoms. The van der Waals surface area contributed by atoms with Crippen LogP contribution in [-0.4, -0.2) is 117 Å². The van der Waals surface area contributed by atoms with Gasteiger partial charge in [0.15, 0.2) is 22.4 Å². The monoisotopic (exact) mass is 1470 g/mol. The van der Waals surface area contributed by atoms with Gasteiger partial charge in [-0.1, -0.05) is 76.7 Å². The lowest BCUT2D eigenvalue weighted by Crippen LogP contribution is -2.26. The zero-order valence-electron chi connectivity index (χ0n) is 58.9. The predicted molar refractivity (Wildman–Crippen MR) is 377 cm³/mol. The van der Waals surface area contributed by atoms with Crippen molar-refractivity contribution >= 4 is 66.6 Å². The molecule has 0 N–H and O–H groups in total. The lowest BCUT2D eigenvalue weighted by molar-refractivity contribution is -0.0197. The molecule has 0 fully saturated rings. The maximum absolute atomic E-state index is 11.8. The highest BCUT2D eigenvalue weighted by Gasteiger charge is 2.43. The van der Waals surface area contributed by atoms with Crippen molar-refractivity contribution in [3.63, 3.8) is 0 Å². The molecule has 4 aliphatic heterocycles. The topological polar surface area (TPSA) is 247 Å². The molecule has 4 aromatic carbocycles. The number of nitrogens with zero attached hydrogens (tertiary/aromatic N) is 12. The number of carbonyl (C=O) groups excluding carboxylic acids is 2. The van der Waals surface area contributed by atoms with Gasteiger partial charge >= 0.3 is 11.9 Å². The first kappa shape index (κ1) is 73.6. The van der Waals surface area contributed by atoms with Gasteiger partial charge in [0.1, 0.15) is 38.3 Å². The molecule has 4 aliphatic rings. The van der Waals surface area contributed by atoms with Gasteiger partial charge in [0, 0.05) is 74.5 Å². The molecule has 24 nitrogen and oxygen atoms in total. The van der Waals surface area contributed by atoms with Crippen molar-refractivity contribution in [3.8, 4) is 0 Å². The predicted octanol–water partition coefficient (Wildman–Crippen LogP) is 13.7. The molecule has 0 saturated heterocycles. The minimum atomic E-state index is -0.631. The van der Waals surface area contributed by atoms with Crippen molar-refractivity contribution < 1.29 is 57.4 Å². The number of ether oxygens (including phenoxy) is 6. The first-order valence-corrected chi connectivity index (χ1v) is 33.3. The Kier molecular flexibility index (Phi) is 23.3. The van der Waals surface area contributed by atoms with Crippen molar-refractivity contribution in [2.24, 2.45) is 20.6 Å². The highest BCUT2D eigenvalue weighted by molar-refractivity contribution is 9.10. The second kappa shape index (κ2) is 31.0. The van der Waals surface area contributed by atoms with Crippen LogP contribution in [0, 0.1) is 55.4 Å². The summed E-state index contributed by atoms with van der Waals surface area (Å²) in [4.78, 5) is 46.7. The Bertz CT molecular complexity index is 4380. The van der Waals surface area contributed by atoms with Gasteiger partial charge in [-0.25, -0.2) is 28.3 Å². The lowest BCUT2D eigenvalue weighted by Gasteiger charge is -2.22. The molecule has 520 valence electrons. The summed E-state index contributed by atoms with van der Waals surface area (Å²) < 4.78 is 39.8. The van der Waals surface area contributed by atoms with Crippen LogP contribution in [0.15, 0.2) is 127 Å². The number of methoxy groups -OCH3 is 6. The number of rotatable bonds is 18. The lowest BCUT2D eigenvalue weighted by atomic mass is 9.91. The zero-order chi connectivity index (χ0) is 71.0. The molecule has 0 radical (unpaired) electrons. The number of benzene rings is 4. The third-order valence-corrected chi connectivity index (χ3v) is 19.1. The van der Waals surface area contributed by atoms with Crippen LogP contribution in [0.3, 0.4) is 0 Å². The number of aromatic nitrogens is 8. The van der Waals surface area contributed by atoms with Gasteiger partial charge in [-0.15, -0.1) is 0 Å². The Morgan fingerprint density at radius 3 is 1.00 bits per heavy atom. The van der Waals surface area contributed by atoms with Crippen molar-refractivity contribution in [2.75, 3.05) is 42.7 Å². The van der Waals surface area contributed by atoms with Crippen molar-refractivity contribution in [2.45, 2.75) is 158 Å². The van der Waals surface area contributed by atoms with Gasteiger partial charge in [-0.3, -0.25) is 0 Å². The van der Waals surface area contributed by atoms with Crippen LogP contribution in [-0.2, 0) is 97.1 Å². The zero-order valence-corrected chi connectivity index (χ0v) is 62.1. The number of hydrogen-bond donors (Lipinski definition) is 0. The molecule has 26 heteroatoms. The number of halogens is 2. The van der Waals surface area contributed by atoms with E-state index in [0.29, 0.717) is 63.7 Å². The normalized spacial score (nSPS) is 19.8. The Labute approximate surface area is 588 Å². The number of esters is 2. The van der Waals surface area contributed by atoms with E-state index in [1.807, 2.05) is 139 Å². The van der Waals surface area contributed by atoms with Crippen LogP contribution in [0.2, 0.25) is 0 Å². The van der Waals surface area contributed by atoms with E-state index in [0.717, 1.165) is 111 Å². The van der Waals surface area contributed by atoms with Crippen LogP contribution in [0.4, 0.5) is 0 Å². The Morgan fingerprint density at radius 1 is 0.398 bits per heavy atom. The van der Waals surface area contributed by atoms with Gasteiger partial charge in [-0.2, -0.15) is 20.4 Å². The third kappa shape index (κ3) is 16.4. The summed E-state index contributed by atoms with van der Waals surface area (Å²) in [5.41, 5.74) is 17.8. The molecule has 0 saturated carbocycles. The molecule has 4 aromatic heterocycles. The van der Waals surface area contributed by atoms with E-state index in [9.17, 15) is 9.59 Å². The largest absolute Gasteiger partial charge is 0.465 e. The molecule has 0 aliphatic carbocycles. The fourth-order valence-electron chi connectivity index (χ4n) is 11.8. The van der Waals surface area contributed by atoms with Crippen LogP contribution >= 0.6 is 31.9 Å². The summed E-state index contributed by atoms with van der Waals surface area (Å²) in [6, 6.07) is 31.6. The van der Waals surface area contributed by atoms with E-state index >= 15 is 0 Å². The van der Waals surface area contributed by atoms with Gasteiger partial charge in [0.05, 0.1) is 71.0 Å². The number of aryl methyl sites for hydroxylation is 8. The maximum Gasteiger partial charge on any atom is 0.338 e. The molecule has 0 bridgehead atoms. The summed E-state index contributed by atoms with van der Waals surface area (Å²) in [6.07, 6.45) is 2.58. The van der Waals surface area contributed by atoms with Crippen LogP contribution in [0.1, 0.15) is 164 Å². The van der Waals surface area contributed by atoms with E-state index in [-0.39, 0.29) is 11.9 Å². The fraction of sp³-hybridized carbons (Fsp3) is 0.417. The van der Waals surface area contributed by atoms with E-state index < -0.39 is 22.4 Å². The second-order valence-electron chi connectivity index (χ2n) is 25.5. The van der Waals surface area contributed by atoms with Crippen molar-refractivity contribution in [1.29, 1.82) is 0 Å². The fourth-order valence-corrected chi connectivity index (χ4v) is 12.3. The Morgan fingerprint density at radius 2 is 0.694 bits per heavy atom. The molecule has 8 heterocycles. The Hall–Kier alpha value is -8.66. The van der Waals surface area contributed by atoms with E-state index in [1.165, 1.54) is 25.3 Å². The van der Waals surface area contributed by atoms with E-state index in [4.69, 9.17) is 47.8 Å². The molecule has 98 heavy (non-hydrogen) atoms. The highest BCUT2D eigenvalue weighted by Crippen LogP contribution is 2.41. The van der Waals surface area contributed by atoms with Crippen LogP contribution < -0.4 is 0 Å². The van der Waals surface area contributed by atoms with Gasteiger partial charge in [0.25, 0.3) is 0 Å². The summed E-state index contributed by atoms with van der Waals surface area (Å²) in [6.45, 7) is 25.4. The molecule has 4 unspecified atom stereocenters. The summed E-state index contributed by atoms with van der Waals surface area (Å²) in [5.74, 6) is -0.690. The van der Waals surface area contributed by atoms with Crippen LogP contribution in [0.5, 0.6) is 0 Å². The first-order valence-electron chi connectivity index (χ1n) is 31.7. The molecule has 4 atom stereocenters. The smallest absolute Gasteiger partial charge is 0.338 e. The third-order valence-electron chi connectivity index (χ3n) is 17.3. The summed E-state index contributed by atoms with van der Waals surface area (Å²) in [5, 5.41) is 35.3. The van der Waals surface area contributed by atoms with E-state index in [1.54, 1.807) is 49.9 Å². The van der Waals surface area contributed by atoms with Gasteiger partial charge in [0.2, 0.25) is 0 Å². The minimum absolute atomic E-state index is 0.345.